The minimum absolute atomic E-state index is 0.0201. The highest BCUT2D eigenvalue weighted by Crippen LogP contribution is 2.35. The Morgan fingerprint density at radius 3 is 2.78 bits per heavy atom. The monoisotopic (exact) mass is 386 g/mol. The molecule has 2 atom stereocenters. The summed E-state index contributed by atoms with van der Waals surface area (Å²) in [6.45, 7) is 5.22. The van der Waals surface area contributed by atoms with Crippen LogP contribution < -0.4 is 10.2 Å². The minimum atomic E-state index is -0.0201. The molecule has 0 spiro atoms. The minimum Gasteiger partial charge on any atom is -0.380 e. The Balaban J connectivity index is 1.38. The number of piperidine rings is 3. The van der Waals surface area contributed by atoms with E-state index >= 15 is 0 Å². The Labute approximate surface area is 163 Å². The maximum absolute atomic E-state index is 13.0. The number of nitrogens with zero attached hydrogens (tertiary/aromatic N) is 3. The third kappa shape index (κ3) is 3.11. The molecular weight excluding hydrogens is 360 g/mol. The number of nitrogens with one attached hydrogen (secondary N) is 1. The first-order valence-corrected chi connectivity index (χ1v) is 10.7. The Morgan fingerprint density at radius 1 is 1.22 bits per heavy atom. The summed E-state index contributed by atoms with van der Waals surface area (Å²) in [5.74, 6) is 0.600. The van der Waals surface area contributed by atoms with Crippen LogP contribution in [0.25, 0.3) is 10.1 Å². The molecule has 4 aliphatic rings. The predicted octanol–water partition coefficient (Wildman–Crippen LogP) is 2.35. The molecule has 4 saturated heterocycles. The summed E-state index contributed by atoms with van der Waals surface area (Å²) in [5.41, 5.74) is 1.75. The molecule has 7 heteroatoms. The van der Waals surface area contributed by atoms with Gasteiger partial charge in [0.1, 0.15) is 5.69 Å². The van der Waals surface area contributed by atoms with Crippen molar-refractivity contribution in [3.05, 3.63) is 23.9 Å². The zero-order chi connectivity index (χ0) is 18.4. The van der Waals surface area contributed by atoms with E-state index in [1.807, 2.05) is 12.1 Å². The first kappa shape index (κ1) is 17.4. The Hall–Kier alpha value is -1.70. The molecule has 4 aliphatic heterocycles. The van der Waals surface area contributed by atoms with Crippen LogP contribution in [-0.4, -0.2) is 67.2 Å². The zero-order valence-electron chi connectivity index (χ0n) is 15.7. The summed E-state index contributed by atoms with van der Waals surface area (Å²) in [6, 6.07) is 6.46. The van der Waals surface area contributed by atoms with Crippen molar-refractivity contribution in [2.45, 2.75) is 31.4 Å². The molecule has 4 fully saturated rings. The highest BCUT2D eigenvalue weighted by molar-refractivity contribution is 7.14. The van der Waals surface area contributed by atoms with Gasteiger partial charge >= 0.3 is 0 Å². The van der Waals surface area contributed by atoms with Gasteiger partial charge in [-0.25, -0.2) is 0 Å². The summed E-state index contributed by atoms with van der Waals surface area (Å²) in [4.78, 5) is 17.8. The summed E-state index contributed by atoms with van der Waals surface area (Å²) in [6.07, 6.45) is 3.72. The topological polar surface area (TPSA) is 57.7 Å². The van der Waals surface area contributed by atoms with E-state index in [0.29, 0.717) is 11.6 Å². The molecule has 5 heterocycles. The van der Waals surface area contributed by atoms with Crippen LogP contribution in [0.3, 0.4) is 0 Å². The number of hydrogen-bond acceptors (Lipinski definition) is 6. The Bertz CT molecular complexity index is 846. The van der Waals surface area contributed by atoms with Crippen molar-refractivity contribution in [1.82, 2.24) is 14.6 Å². The van der Waals surface area contributed by atoms with Gasteiger partial charge in [0.25, 0.3) is 5.91 Å². The molecule has 1 unspecified atom stereocenters. The van der Waals surface area contributed by atoms with Crippen molar-refractivity contribution >= 4 is 33.2 Å². The van der Waals surface area contributed by atoms with Gasteiger partial charge in [0.05, 0.1) is 16.5 Å². The first-order valence-electron chi connectivity index (χ1n) is 9.92. The number of benzene rings is 1. The van der Waals surface area contributed by atoms with Crippen LogP contribution in [0.4, 0.5) is 5.69 Å². The van der Waals surface area contributed by atoms with E-state index in [1.165, 1.54) is 43.2 Å². The fraction of sp³-hybridized carbons (Fsp3) is 0.600. The average molecular weight is 387 g/mol. The lowest BCUT2D eigenvalue weighted by Crippen LogP contribution is -2.57. The molecule has 1 N–H and O–H groups in total. The van der Waals surface area contributed by atoms with E-state index in [2.05, 4.69) is 25.6 Å². The number of aromatic nitrogens is 1. The summed E-state index contributed by atoms with van der Waals surface area (Å²) in [7, 11) is 1.78. The highest BCUT2D eigenvalue weighted by Gasteiger charge is 2.35. The third-order valence-electron chi connectivity index (χ3n) is 6.48. The number of carbonyl (C=O) groups excluding carboxylic acids is 1. The molecule has 144 valence electrons. The van der Waals surface area contributed by atoms with Gasteiger partial charge in [0, 0.05) is 38.2 Å². The Morgan fingerprint density at radius 2 is 2.07 bits per heavy atom. The standard InChI is InChI=1S/C20H26N4O2S/c1-26-14-7-10-24(11-14)17-4-2-3-15-18(22-27-19(15)17)20(25)21-16-12-23-8-5-13(16)6-9-23/h2-4,13-14,16H,5-12H2,1H3,(H,21,25)/t14-,16?/m1/s1. The van der Waals surface area contributed by atoms with Gasteiger partial charge in [-0.2, -0.15) is 4.37 Å². The summed E-state index contributed by atoms with van der Waals surface area (Å²) in [5, 5.41) is 4.25. The fourth-order valence-electron chi connectivity index (χ4n) is 4.87. The molecule has 27 heavy (non-hydrogen) atoms. The van der Waals surface area contributed by atoms with Crippen molar-refractivity contribution < 1.29 is 9.53 Å². The SMILES string of the molecule is CO[C@@H]1CCN(c2cccc3c(C(=O)NC4CN5CCC4CC5)nsc23)C1. The maximum atomic E-state index is 13.0. The molecule has 6 rings (SSSR count). The molecule has 1 amide bonds. The second-order valence-corrected chi connectivity index (χ2v) is 8.77. The van der Waals surface area contributed by atoms with Gasteiger partial charge in [-0.3, -0.25) is 4.79 Å². The number of fused-ring (bicyclic) bond motifs is 4. The molecule has 0 saturated carbocycles. The van der Waals surface area contributed by atoms with E-state index in [-0.39, 0.29) is 18.1 Å². The second kappa shape index (κ2) is 7.04. The van der Waals surface area contributed by atoms with Gasteiger partial charge in [0.15, 0.2) is 0 Å². The third-order valence-corrected chi connectivity index (χ3v) is 7.37. The van der Waals surface area contributed by atoms with Crippen molar-refractivity contribution in [2.75, 3.05) is 44.7 Å². The van der Waals surface area contributed by atoms with E-state index in [1.54, 1.807) is 7.11 Å². The largest absolute Gasteiger partial charge is 0.380 e. The van der Waals surface area contributed by atoms with E-state index in [9.17, 15) is 4.79 Å². The molecule has 0 radical (unpaired) electrons. The van der Waals surface area contributed by atoms with Crippen LogP contribution in [0.1, 0.15) is 29.8 Å². The van der Waals surface area contributed by atoms with Gasteiger partial charge in [-0.15, -0.1) is 0 Å². The van der Waals surface area contributed by atoms with Crippen LogP contribution in [0.15, 0.2) is 18.2 Å². The predicted molar refractivity (Wildman–Crippen MR) is 108 cm³/mol. The normalized spacial score (nSPS) is 30.2. The van der Waals surface area contributed by atoms with Crippen molar-refractivity contribution in [2.24, 2.45) is 5.92 Å². The first-order chi connectivity index (χ1) is 13.2. The lowest BCUT2D eigenvalue weighted by Gasteiger charge is -2.44. The number of hydrogen-bond donors (Lipinski definition) is 1. The average Bonchev–Trinajstić information content (AvgIpc) is 3.36. The molecular formula is C20H26N4O2S. The molecule has 1 aromatic heterocycles. The number of amides is 1. The smallest absolute Gasteiger partial charge is 0.271 e. The molecule has 2 aromatic rings. The second-order valence-electron chi connectivity index (χ2n) is 8.00. The van der Waals surface area contributed by atoms with Crippen LogP contribution in [-0.2, 0) is 4.74 Å². The highest BCUT2D eigenvalue weighted by atomic mass is 32.1. The van der Waals surface area contributed by atoms with E-state index < -0.39 is 0 Å². The van der Waals surface area contributed by atoms with Gasteiger partial charge in [-0.05, 0) is 55.9 Å². The van der Waals surface area contributed by atoms with E-state index in [0.717, 1.165) is 36.1 Å². The van der Waals surface area contributed by atoms with Crippen molar-refractivity contribution in [3.8, 4) is 0 Å². The van der Waals surface area contributed by atoms with Gasteiger partial charge in [0.2, 0.25) is 0 Å². The quantitative estimate of drug-likeness (QED) is 0.874. The number of ether oxygens (including phenoxy) is 1. The summed E-state index contributed by atoms with van der Waals surface area (Å²) >= 11 is 1.44. The van der Waals surface area contributed by atoms with Crippen molar-refractivity contribution in [1.29, 1.82) is 0 Å². The number of methoxy groups -OCH3 is 1. The molecule has 1 aromatic carbocycles. The molecule has 6 nitrogen and oxygen atoms in total. The maximum Gasteiger partial charge on any atom is 0.271 e. The molecule has 0 aliphatic carbocycles. The lowest BCUT2D eigenvalue weighted by molar-refractivity contribution is 0.0619. The Kier molecular flexibility index (Phi) is 4.53. The molecule has 2 bridgehead atoms. The van der Waals surface area contributed by atoms with Crippen LogP contribution in [0.5, 0.6) is 0 Å². The summed E-state index contributed by atoms with van der Waals surface area (Å²) < 4.78 is 11.2. The number of anilines is 1. The van der Waals surface area contributed by atoms with Crippen LogP contribution in [0, 0.1) is 5.92 Å². The number of rotatable bonds is 4. The zero-order valence-corrected chi connectivity index (χ0v) is 16.5. The van der Waals surface area contributed by atoms with Gasteiger partial charge < -0.3 is 19.9 Å². The van der Waals surface area contributed by atoms with E-state index in [4.69, 9.17) is 4.74 Å². The van der Waals surface area contributed by atoms with Crippen LogP contribution >= 0.6 is 11.5 Å². The lowest BCUT2D eigenvalue weighted by atomic mass is 9.84. The van der Waals surface area contributed by atoms with Crippen molar-refractivity contribution in [3.63, 3.8) is 0 Å². The fourth-order valence-corrected chi connectivity index (χ4v) is 5.78. The van der Waals surface area contributed by atoms with Gasteiger partial charge in [-0.1, -0.05) is 12.1 Å². The van der Waals surface area contributed by atoms with Crippen LogP contribution in [0.2, 0.25) is 0 Å². The number of carbonyl (C=O) groups is 1.